The van der Waals surface area contributed by atoms with E-state index in [1.54, 1.807) is 12.1 Å². The van der Waals surface area contributed by atoms with E-state index in [1.165, 1.54) is 0 Å². The monoisotopic (exact) mass is 372 g/mol. The average molecular weight is 372 g/mol. The maximum atomic E-state index is 12.7. The summed E-state index contributed by atoms with van der Waals surface area (Å²) in [4.78, 5) is 15.1. The van der Waals surface area contributed by atoms with Crippen LogP contribution < -0.4 is 0 Å². The first-order valence-corrected chi connectivity index (χ1v) is 8.98. The molecule has 1 saturated heterocycles. The molecule has 1 heterocycles. The minimum Gasteiger partial charge on any atom is -0.480 e. The highest BCUT2D eigenvalue weighted by Gasteiger charge is 2.30. The Morgan fingerprint density at radius 1 is 1.27 bits per heavy atom. The zero-order valence-electron chi connectivity index (χ0n) is 15.3. The second-order valence-corrected chi connectivity index (χ2v) is 7.22. The fourth-order valence-corrected chi connectivity index (χ4v) is 3.60. The van der Waals surface area contributed by atoms with Gasteiger partial charge in [-0.3, -0.25) is 9.69 Å². The van der Waals surface area contributed by atoms with E-state index in [2.05, 4.69) is 4.90 Å². The summed E-state index contributed by atoms with van der Waals surface area (Å²) in [5, 5.41) is 8.93. The Hall–Kier alpha value is -1.60. The number of hydrogen-bond acceptors (Lipinski definition) is 3. The van der Waals surface area contributed by atoms with Crippen molar-refractivity contribution in [2.75, 3.05) is 33.2 Å². The van der Waals surface area contributed by atoms with Crippen LogP contribution in [0.5, 0.6) is 0 Å². The Morgan fingerprint density at radius 2 is 1.92 bits per heavy atom. The third-order valence-electron chi connectivity index (χ3n) is 5.14. The Bertz CT molecular complexity index is 589. The summed E-state index contributed by atoms with van der Waals surface area (Å²) < 4.78 is 38.0. The number of nitrogens with zero attached hydrogens (tertiary/aromatic N) is 2. The van der Waals surface area contributed by atoms with Crippen molar-refractivity contribution in [2.45, 2.75) is 44.3 Å². The fraction of sp³-hybridized carbons (Fsp3) is 0.632. The lowest BCUT2D eigenvalue weighted by molar-refractivity contribution is -0.139. The summed E-state index contributed by atoms with van der Waals surface area (Å²) in [6.45, 7) is 4.68. The van der Waals surface area contributed by atoms with Crippen LogP contribution >= 0.6 is 0 Å². The highest BCUT2D eigenvalue weighted by molar-refractivity contribution is 5.69. The molecule has 1 N–H and O–H groups in total. The number of carbonyl (C=O) groups is 1. The second-order valence-electron chi connectivity index (χ2n) is 7.22. The highest BCUT2D eigenvalue weighted by Crippen LogP contribution is 2.30. The lowest BCUT2D eigenvalue weighted by Crippen LogP contribution is -2.37. The van der Waals surface area contributed by atoms with Crippen molar-refractivity contribution in [2.24, 2.45) is 0 Å². The van der Waals surface area contributed by atoms with Gasteiger partial charge in [0.15, 0.2) is 0 Å². The third-order valence-corrected chi connectivity index (χ3v) is 5.14. The number of aliphatic carboxylic acids is 1. The summed E-state index contributed by atoms with van der Waals surface area (Å²) in [6.07, 6.45) is -1.43. The van der Waals surface area contributed by atoms with Gasteiger partial charge in [-0.2, -0.15) is 13.2 Å². The Balaban J connectivity index is 1.89. The molecule has 1 fully saturated rings. The number of likely N-dealkylation sites (N-methyl/N-ethyl adjacent to an activating group) is 1. The van der Waals surface area contributed by atoms with Crippen LogP contribution in [0.1, 0.15) is 43.2 Å². The molecule has 0 amide bonds. The van der Waals surface area contributed by atoms with Gasteiger partial charge in [-0.1, -0.05) is 19.1 Å². The molecular formula is C19H27F3N2O2. The first kappa shape index (κ1) is 20.7. The van der Waals surface area contributed by atoms with E-state index < -0.39 is 17.7 Å². The molecule has 0 radical (unpaired) electrons. The Labute approximate surface area is 152 Å². The SMILES string of the molecule is CC(CN1CCCC(N(C)CC(=O)O)CC1)c1ccc(C(F)(F)F)cc1. The van der Waals surface area contributed by atoms with E-state index in [0.717, 1.165) is 56.6 Å². The lowest BCUT2D eigenvalue weighted by atomic mass is 9.99. The number of carboxylic acids is 1. The van der Waals surface area contributed by atoms with Crippen molar-refractivity contribution in [3.63, 3.8) is 0 Å². The van der Waals surface area contributed by atoms with Gasteiger partial charge >= 0.3 is 12.1 Å². The van der Waals surface area contributed by atoms with E-state index in [9.17, 15) is 18.0 Å². The zero-order chi connectivity index (χ0) is 19.3. The largest absolute Gasteiger partial charge is 0.480 e. The number of halogens is 3. The Kier molecular flexibility index (Phi) is 7.06. The van der Waals surface area contributed by atoms with Gasteiger partial charge in [-0.15, -0.1) is 0 Å². The highest BCUT2D eigenvalue weighted by atomic mass is 19.4. The fourth-order valence-electron chi connectivity index (χ4n) is 3.60. The van der Waals surface area contributed by atoms with Gasteiger partial charge in [0, 0.05) is 12.6 Å². The first-order valence-electron chi connectivity index (χ1n) is 8.98. The van der Waals surface area contributed by atoms with Gasteiger partial charge < -0.3 is 10.0 Å². The number of carboxylic acid groups (broad SMARTS) is 1. The molecular weight excluding hydrogens is 345 g/mol. The molecule has 0 aromatic heterocycles. The molecule has 0 bridgehead atoms. The molecule has 146 valence electrons. The standard InChI is InChI=1S/C19H27F3N2O2/c1-14(15-5-7-16(8-6-15)19(20,21)22)12-24-10-3-4-17(9-11-24)23(2)13-18(25)26/h5-8,14,17H,3-4,9-13H2,1-2H3,(H,25,26). The van der Waals surface area contributed by atoms with Gasteiger partial charge in [0.25, 0.3) is 0 Å². The van der Waals surface area contributed by atoms with E-state index in [1.807, 2.05) is 18.9 Å². The third kappa shape index (κ3) is 5.99. The number of hydrogen-bond donors (Lipinski definition) is 1. The van der Waals surface area contributed by atoms with Crippen molar-refractivity contribution >= 4 is 5.97 Å². The molecule has 0 spiro atoms. The quantitative estimate of drug-likeness (QED) is 0.827. The zero-order valence-corrected chi connectivity index (χ0v) is 15.3. The number of rotatable bonds is 6. The van der Waals surface area contributed by atoms with Crippen molar-refractivity contribution in [3.05, 3.63) is 35.4 Å². The van der Waals surface area contributed by atoms with Crippen LogP contribution in [0.3, 0.4) is 0 Å². The number of likely N-dealkylation sites (tertiary alicyclic amines) is 1. The molecule has 0 aliphatic carbocycles. The number of alkyl halides is 3. The molecule has 2 unspecified atom stereocenters. The topological polar surface area (TPSA) is 43.8 Å². The van der Waals surface area contributed by atoms with Crippen LogP contribution in [0.2, 0.25) is 0 Å². The average Bonchev–Trinajstić information content (AvgIpc) is 2.79. The molecule has 7 heteroatoms. The summed E-state index contributed by atoms with van der Waals surface area (Å²) in [5.74, 6) is -0.671. The van der Waals surface area contributed by atoms with E-state index in [4.69, 9.17) is 5.11 Å². The molecule has 2 rings (SSSR count). The molecule has 26 heavy (non-hydrogen) atoms. The molecule has 2 atom stereocenters. The lowest BCUT2D eigenvalue weighted by Gasteiger charge is -2.26. The van der Waals surface area contributed by atoms with Gasteiger partial charge in [0.2, 0.25) is 0 Å². The summed E-state index contributed by atoms with van der Waals surface area (Å²) in [6, 6.07) is 5.68. The van der Waals surface area contributed by atoms with Crippen LogP contribution in [-0.4, -0.2) is 60.1 Å². The minimum atomic E-state index is -4.30. The van der Waals surface area contributed by atoms with Crippen molar-refractivity contribution in [1.29, 1.82) is 0 Å². The van der Waals surface area contributed by atoms with Gasteiger partial charge in [-0.25, -0.2) is 0 Å². The van der Waals surface area contributed by atoms with Gasteiger partial charge in [-0.05, 0) is 63.0 Å². The normalized spacial score (nSPS) is 20.8. The minimum absolute atomic E-state index is 0.0482. The van der Waals surface area contributed by atoms with E-state index in [-0.39, 0.29) is 18.5 Å². The molecule has 1 aliphatic rings. The first-order chi connectivity index (χ1) is 12.2. The molecule has 4 nitrogen and oxygen atoms in total. The predicted octanol–water partition coefficient (Wildman–Crippen LogP) is 3.68. The number of benzene rings is 1. The van der Waals surface area contributed by atoms with Gasteiger partial charge in [0.1, 0.15) is 0 Å². The summed E-state index contributed by atoms with van der Waals surface area (Å²) >= 11 is 0. The molecule has 1 aromatic carbocycles. The summed E-state index contributed by atoms with van der Waals surface area (Å²) in [7, 11) is 1.85. The smallest absolute Gasteiger partial charge is 0.416 e. The van der Waals surface area contributed by atoms with Crippen LogP contribution in [-0.2, 0) is 11.0 Å². The van der Waals surface area contributed by atoms with Crippen LogP contribution in [0, 0.1) is 0 Å². The van der Waals surface area contributed by atoms with E-state index >= 15 is 0 Å². The van der Waals surface area contributed by atoms with Crippen LogP contribution in [0.25, 0.3) is 0 Å². The van der Waals surface area contributed by atoms with Crippen molar-refractivity contribution < 1.29 is 23.1 Å². The van der Waals surface area contributed by atoms with E-state index in [0.29, 0.717) is 0 Å². The van der Waals surface area contributed by atoms with Crippen molar-refractivity contribution in [3.8, 4) is 0 Å². The van der Waals surface area contributed by atoms with Crippen LogP contribution in [0.15, 0.2) is 24.3 Å². The molecule has 0 saturated carbocycles. The molecule has 1 aromatic rings. The van der Waals surface area contributed by atoms with Crippen LogP contribution in [0.4, 0.5) is 13.2 Å². The predicted molar refractivity (Wildman–Crippen MR) is 94.2 cm³/mol. The maximum Gasteiger partial charge on any atom is 0.416 e. The van der Waals surface area contributed by atoms with Gasteiger partial charge in [0.05, 0.1) is 12.1 Å². The maximum absolute atomic E-state index is 12.7. The Morgan fingerprint density at radius 3 is 2.50 bits per heavy atom. The summed E-state index contributed by atoms with van der Waals surface area (Å²) in [5.41, 5.74) is 0.286. The second kappa shape index (κ2) is 8.86. The molecule has 1 aliphatic heterocycles. The van der Waals surface area contributed by atoms with Crippen molar-refractivity contribution in [1.82, 2.24) is 9.80 Å².